The molecule has 1 unspecified atom stereocenters. The van der Waals surface area contributed by atoms with E-state index in [4.69, 9.17) is 0 Å². The van der Waals surface area contributed by atoms with E-state index >= 15 is 0 Å². The minimum atomic E-state index is -1.40. The van der Waals surface area contributed by atoms with E-state index in [2.05, 4.69) is 10.2 Å². The fourth-order valence-electron chi connectivity index (χ4n) is 2.59. The quantitative estimate of drug-likeness (QED) is 0.837. The number of rotatable bonds is 5. The maximum Gasteiger partial charge on any atom is 0.194 e. The molecule has 0 saturated carbocycles. The Bertz CT molecular complexity index is 433. The zero-order valence-electron chi connectivity index (χ0n) is 11.9. The highest BCUT2D eigenvalue weighted by Crippen LogP contribution is 2.17. The first kappa shape index (κ1) is 15.3. The molecule has 0 amide bonds. The Labute approximate surface area is 118 Å². The minimum Gasteiger partial charge on any atom is -0.313 e. The molecular formula is C15H21F3N2. The third-order valence-electron chi connectivity index (χ3n) is 3.78. The number of halogens is 3. The molecule has 112 valence electrons. The van der Waals surface area contributed by atoms with Crippen LogP contribution < -0.4 is 5.32 Å². The van der Waals surface area contributed by atoms with Crippen LogP contribution in [-0.4, -0.2) is 30.1 Å². The van der Waals surface area contributed by atoms with Crippen LogP contribution in [0.1, 0.15) is 32.3 Å². The molecule has 0 aromatic heterocycles. The van der Waals surface area contributed by atoms with Crippen molar-refractivity contribution in [3.05, 3.63) is 35.1 Å². The summed E-state index contributed by atoms with van der Waals surface area (Å²) in [5.74, 6) is -3.65. The number of nitrogens with one attached hydrogen (secondary N) is 1. The lowest BCUT2D eigenvalue weighted by Crippen LogP contribution is -2.40. The SMILES string of the molecule is CC(C)N(Cc1cc(F)c(F)c(F)c1)CC1CCCN1. The van der Waals surface area contributed by atoms with E-state index in [0.717, 1.165) is 38.1 Å². The van der Waals surface area contributed by atoms with E-state index in [1.807, 2.05) is 13.8 Å². The van der Waals surface area contributed by atoms with Gasteiger partial charge in [-0.15, -0.1) is 0 Å². The van der Waals surface area contributed by atoms with E-state index < -0.39 is 17.5 Å². The molecule has 1 saturated heterocycles. The molecular weight excluding hydrogens is 265 g/mol. The molecule has 0 spiro atoms. The highest BCUT2D eigenvalue weighted by molar-refractivity contribution is 5.19. The largest absolute Gasteiger partial charge is 0.313 e. The van der Waals surface area contributed by atoms with Crippen LogP contribution in [0, 0.1) is 17.5 Å². The Hall–Kier alpha value is -1.07. The van der Waals surface area contributed by atoms with Crippen molar-refractivity contribution in [3.63, 3.8) is 0 Å². The van der Waals surface area contributed by atoms with Gasteiger partial charge in [-0.2, -0.15) is 0 Å². The highest BCUT2D eigenvalue weighted by atomic mass is 19.2. The molecule has 1 atom stereocenters. The van der Waals surface area contributed by atoms with Gasteiger partial charge < -0.3 is 5.32 Å². The molecule has 0 aliphatic carbocycles. The molecule has 1 aromatic carbocycles. The molecule has 1 aromatic rings. The van der Waals surface area contributed by atoms with Gasteiger partial charge in [0.2, 0.25) is 0 Å². The molecule has 2 nitrogen and oxygen atoms in total. The van der Waals surface area contributed by atoms with E-state index in [1.165, 1.54) is 0 Å². The molecule has 2 rings (SSSR count). The first-order valence-corrected chi connectivity index (χ1v) is 7.08. The summed E-state index contributed by atoms with van der Waals surface area (Å²) in [6, 6.07) is 2.84. The topological polar surface area (TPSA) is 15.3 Å². The van der Waals surface area contributed by atoms with Crippen molar-refractivity contribution in [2.24, 2.45) is 0 Å². The van der Waals surface area contributed by atoms with Crippen molar-refractivity contribution in [2.45, 2.75) is 45.3 Å². The Morgan fingerprint density at radius 3 is 2.40 bits per heavy atom. The lowest BCUT2D eigenvalue weighted by atomic mass is 10.1. The second kappa shape index (κ2) is 6.59. The van der Waals surface area contributed by atoms with Crippen LogP contribution in [0.15, 0.2) is 12.1 Å². The third-order valence-corrected chi connectivity index (χ3v) is 3.78. The zero-order valence-corrected chi connectivity index (χ0v) is 11.9. The standard InChI is InChI=1S/C15H21F3N2/c1-10(2)20(9-12-4-3-5-19-12)8-11-6-13(16)15(18)14(17)7-11/h6-7,10,12,19H,3-5,8-9H2,1-2H3. The van der Waals surface area contributed by atoms with Crippen LogP contribution in [0.5, 0.6) is 0 Å². The monoisotopic (exact) mass is 286 g/mol. The molecule has 5 heteroatoms. The Balaban J connectivity index is 2.07. The van der Waals surface area contributed by atoms with Crippen molar-refractivity contribution >= 4 is 0 Å². The number of hydrogen-bond acceptors (Lipinski definition) is 2. The number of hydrogen-bond donors (Lipinski definition) is 1. The Morgan fingerprint density at radius 2 is 1.90 bits per heavy atom. The van der Waals surface area contributed by atoms with E-state index in [-0.39, 0.29) is 6.04 Å². The molecule has 1 N–H and O–H groups in total. The molecule has 20 heavy (non-hydrogen) atoms. The van der Waals surface area contributed by atoms with Gasteiger partial charge in [-0.1, -0.05) is 0 Å². The predicted molar refractivity (Wildman–Crippen MR) is 72.9 cm³/mol. The van der Waals surface area contributed by atoms with Gasteiger partial charge in [0.1, 0.15) is 0 Å². The van der Waals surface area contributed by atoms with Gasteiger partial charge in [-0.25, -0.2) is 13.2 Å². The van der Waals surface area contributed by atoms with E-state index in [9.17, 15) is 13.2 Å². The van der Waals surface area contributed by atoms with Crippen molar-refractivity contribution in [2.75, 3.05) is 13.1 Å². The number of benzene rings is 1. The first-order chi connectivity index (χ1) is 9.47. The molecule has 0 radical (unpaired) electrons. The lowest BCUT2D eigenvalue weighted by molar-refractivity contribution is 0.193. The lowest BCUT2D eigenvalue weighted by Gasteiger charge is -2.29. The summed E-state index contributed by atoms with van der Waals surface area (Å²) >= 11 is 0. The summed E-state index contributed by atoms with van der Waals surface area (Å²) in [7, 11) is 0. The molecule has 1 aliphatic rings. The molecule has 1 heterocycles. The normalized spacial score (nSPS) is 19.2. The Kier molecular flexibility index (Phi) is 5.05. The average molecular weight is 286 g/mol. The van der Waals surface area contributed by atoms with Crippen LogP contribution in [0.3, 0.4) is 0 Å². The minimum absolute atomic E-state index is 0.258. The summed E-state index contributed by atoms with van der Waals surface area (Å²) in [6.45, 7) is 6.37. The van der Waals surface area contributed by atoms with Crippen molar-refractivity contribution in [1.82, 2.24) is 10.2 Å². The second-order valence-corrected chi connectivity index (χ2v) is 5.69. The third kappa shape index (κ3) is 3.73. The van der Waals surface area contributed by atoms with E-state index in [0.29, 0.717) is 18.2 Å². The molecule has 0 bridgehead atoms. The maximum atomic E-state index is 13.3. The van der Waals surface area contributed by atoms with Crippen molar-refractivity contribution in [3.8, 4) is 0 Å². The first-order valence-electron chi connectivity index (χ1n) is 7.08. The van der Waals surface area contributed by atoms with Gasteiger partial charge in [0.25, 0.3) is 0 Å². The molecule has 1 fully saturated rings. The summed E-state index contributed by atoms with van der Waals surface area (Å²) in [5.41, 5.74) is 0.466. The van der Waals surface area contributed by atoms with Gasteiger partial charge >= 0.3 is 0 Å². The summed E-state index contributed by atoms with van der Waals surface area (Å²) in [4.78, 5) is 2.15. The average Bonchev–Trinajstić information content (AvgIpc) is 2.88. The predicted octanol–water partition coefficient (Wildman–Crippen LogP) is 3.07. The van der Waals surface area contributed by atoms with E-state index in [1.54, 1.807) is 0 Å². The maximum absolute atomic E-state index is 13.3. The van der Waals surface area contributed by atoms with Gasteiger partial charge in [0.15, 0.2) is 17.5 Å². The van der Waals surface area contributed by atoms with Crippen LogP contribution in [0.4, 0.5) is 13.2 Å². The molecule has 1 aliphatic heterocycles. The summed E-state index contributed by atoms with van der Waals surface area (Å²) < 4.78 is 39.5. The second-order valence-electron chi connectivity index (χ2n) is 5.69. The fraction of sp³-hybridized carbons (Fsp3) is 0.600. The van der Waals surface area contributed by atoms with Gasteiger partial charge in [0.05, 0.1) is 0 Å². The van der Waals surface area contributed by atoms with Crippen LogP contribution in [-0.2, 0) is 6.54 Å². The Morgan fingerprint density at radius 1 is 1.25 bits per heavy atom. The van der Waals surface area contributed by atoms with Crippen molar-refractivity contribution in [1.29, 1.82) is 0 Å². The zero-order chi connectivity index (χ0) is 14.7. The van der Waals surface area contributed by atoms with Crippen molar-refractivity contribution < 1.29 is 13.2 Å². The van der Waals surface area contributed by atoms with Gasteiger partial charge in [-0.3, -0.25) is 4.90 Å². The fourth-order valence-corrected chi connectivity index (χ4v) is 2.59. The van der Waals surface area contributed by atoms with Crippen LogP contribution in [0.2, 0.25) is 0 Å². The van der Waals surface area contributed by atoms with Crippen LogP contribution >= 0.6 is 0 Å². The highest BCUT2D eigenvalue weighted by Gasteiger charge is 2.20. The summed E-state index contributed by atoms with van der Waals surface area (Å²) in [6.07, 6.45) is 2.28. The van der Waals surface area contributed by atoms with Gasteiger partial charge in [-0.05, 0) is 50.9 Å². The smallest absolute Gasteiger partial charge is 0.194 e. The van der Waals surface area contributed by atoms with Crippen LogP contribution in [0.25, 0.3) is 0 Å². The number of nitrogens with zero attached hydrogens (tertiary/aromatic N) is 1. The summed E-state index contributed by atoms with van der Waals surface area (Å²) in [5, 5.41) is 3.41. The van der Waals surface area contributed by atoms with Gasteiger partial charge in [0, 0.05) is 25.2 Å².